The van der Waals surface area contributed by atoms with Crippen molar-refractivity contribution in [2.24, 2.45) is 0 Å². The summed E-state index contributed by atoms with van der Waals surface area (Å²) in [6, 6.07) is 7.49. The van der Waals surface area contributed by atoms with Gasteiger partial charge >= 0.3 is 0 Å². The van der Waals surface area contributed by atoms with Crippen LogP contribution >= 0.6 is 11.6 Å². The Bertz CT molecular complexity index is 374. The summed E-state index contributed by atoms with van der Waals surface area (Å²) in [5.41, 5.74) is 2.39. The Balaban J connectivity index is 1.75. The van der Waals surface area contributed by atoms with E-state index in [2.05, 4.69) is 36.6 Å². The van der Waals surface area contributed by atoms with Crippen molar-refractivity contribution < 1.29 is 0 Å². The third-order valence-corrected chi connectivity index (χ3v) is 3.49. The Morgan fingerprint density at radius 3 is 2.82 bits per heavy atom. The molecule has 0 radical (unpaired) electrons. The van der Waals surface area contributed by atoms with Crippen molar-refractivity contribution in [2.75, 3.05) is 6.54 Å². The van der Waals surface area contributed by atoms with Crippen molar-refractivity contribution in [2.45, 2.75) is 45.3 Å². The van der Waals surface area contributed by atoms with Crippen molar-refractivity contribution in [3.05, 3.63) is 34.3 Å². The summed E-state index contributed by atoms with van der Waals surface area (Å²) in [6.45, 7) is 6.14. The van der Waals surface area contributed by atoms with E-state index in [1.54, 1.807) is 0 Å². The summed E-state index contributed by atoms with van der Waals surface area (Å²) >= 11 is 6.19. The van der Waals surface area contributed by atoms with E-state index in [1.165, 1.54) is 24.0 Å². The van der Waals surface area contributed by atoms with E-state index in [-0.39, 0.29) is 0 Å². The van der Waals surface area contributed by atoms with Crippen LogP contribution in [0.2, 0.25) is 5.02 Å². The van der Waals surface area contributed by atoms with Gasteiger partial charge in [0.1, 0.15) is 0 Å². The molecule has 1 aromatic carbocycles. The van der Waals surface area contributed by atoms with Crippen LogP contribution in [0.3, 0.4) is 0 Å². The van der Waals surface area contributed by atoms with Crippen LogP contribution in [0.25, 0.3) is 0 Å². The number of rotatable bonds is 6. The van der Waals surface area contributed by atoms with E-state index in [0.29, 0.717) is 6.04 Å². The van der Waals surface area contributed by atoms with Gasteiger partial charge in [-0.3, -0.25) is 0 Å². The highest BCUT2D eigenvalue weighted by molar-refractivity contribution is 6.31. The maximum absolute atomic E-state index is 6.19. The Labute approximate surface area is 109 Å². The summed E-state index contributed by atoms with van der Waals surface area (Å²) in [5, 5.41) is 7.88. The maximum Gasteiger partial charge on any atom is 0.0453 e. The molecule has 17 heavy (non-hydrogen) atoms. The zero-order chi connectivity index (χ0) is 12.3. The Morgan fingerprint density at radius 2 is 2.18 bits per heavy atom. The van der Waals surface area contributed by atoms with Crippen LogP contribution < -0.4 is 10.6 Å². The van der Waals surface area contributed by atoms with Gasteiger partial charge in [0.15, 0.2) is 0 Å². The molecule has 0 bridgehead atoms. The molecule has 0 spiro atoms. The summed E-state index contributed by atoms with van der Waals surface area (Å²) in [6.07, 6.45) is 2.69. The first kappa shape index (κ1) is 12.9. The quantitative estimate of drug-likeness (QED) is 0.814. The number of hydrogen-bond acceptors (Lipinski definition) is 2. The second-order valence-corrected chi connectivity index (χ2v) is 5.47. The zero-order valence-corrected chi connectivity index (χ0v) is 11.3. The van der Waals surface area contributed by atoms with Crippen molar-refractivity contribution in [3.8, 4) is 0 Å². The molecule has 1 aromatic rings. The molecule has 1 unspecified atom stereocenters. The maximum atomic E-state index is 6.19. The molecule has 0 heterocycles. The highest BCUT2D eigenvalue weighted by atomic mass is 35.5. The molecule has 1 aliphatic rings. The lowest BCUT2D eigenvalue weighted by atomic mass is 10.1. The lowest BCUT2D eigenvalue weighted by molar-refractivity contribution is 0.500. The number of benzene rings is 1. The molecule has 2 nitrogen and oxygen atoms in total. The first-order chi connectivity index (χ1) is 8.15. The minimum atomic E-state index is 0.480. The number of hydrogen-bond donors (Lipinski definition) is 2. The molecule has 94 valence electrons. The second-order valence-electron chi connectivity index (χ2n) is 5.06. The first-order valence-electron chi connectivity index (χ1n) is 6.37. The Morgan fingerprint density at radius 1 is 1.41 bits per heavy atom. The third-order valence-electron chi connectivity index (χ3n) is 3.14. The van der Waals surface area contributed by atoms with Gasteiger partial charge in [-0.1, -0.05) is 23.7 Å². The van der Waals surface area contributed by atoms with Gasteiger partial charge in [0.05, 0.1) is 0 Å². The smallest absolute Gasteiger partial charge is 0.0453 e. The fourth-order valence-electron chi connectivity index (χ4n) is 1.78. The van der Waals surface area contributed by atoms with Gasteiger partial charge < -0.3 is 10.6 Å². The first-order valence-corrected chi connectivity index (χ1v) is 6.75. The van der Waals surface area contributed by atoms with Crippen molar-refractivity contribution in [3.63, 3.8) is 0 Å². The summed E-state index contributed by atoms with van der Waals surface area (Å²) < 4.78 is 0. The van der Waals surface area contributed by atoms with Gasteiger partial charge in [-0.2, -0.15) is 0 Å². The zero-order valence-electron chi connectivity index (χ0n) is 10.6. The largest absolute Gasteiger partial charge is 0.312 e. The van der Waals surface area contributed by atoms with E-state index >= 15 is 0 Å². The fraction of sp³-hybridized carbons (Fsp3) is 0.571. The highest BCUT2D eigenvalue weighted by Gasteiger charge is 2.20. The molecule has 1 saturated carbocycles. The van der Waals surface area contributed by atoms with Crippen molar-refractivity contribution in [1.82, 2.24) is 10.6 Å². The van der Waals surface area contributed by atoms with Gasteiger partial charge in [0.2, 0.25) is 0 Å². The van der Waals surface area contributed by atoms with Crippen LogP contribution in [-0.4, -0.2) is 18.6 Å². The molecule has 1 atom stereocenters. The number of nitrogens with one attached hydrogen (secondary N) is 2. The van der Waals surface area contributed by atoms with E-state index in [9.17, 15) is 0 Å². The molecule has 1 fully saturated rings. The normalized spacial score (nSPS) is 17.1. The predicted octanol–water partition coefficient (Wildman–Crippen LogP) is 2.88. The summed E-state index contributed by atoms with van der Waals surface area (Å²) in [7, 11) is 0. The summed E-state index contributed by atoms with van der Waals surface area (Å²) in [4.78, 5) is 0. The Kier molecular flexibility index (Phi) is 4.43. The standard InChI is InChI=1S/C14H21ClN2/c1-10-3-4-12(14(15)7-10)9-16-11(2)8-17-13-5-6-13/h3-4,7,11,13,16-17H,5-6,8-9H2,1-2H3. The van der Waals surface area contributed by atoms with Crippen LogP contribution in [0, 0.1) is 6.92 Å². The van der Waals surface area contributed by atoms with Crippen molar-refractivity contribution in [1.29, 1.82) is 0 Å². The predicted molar refractivity (Wildman–Crippen MR) is 73.5 cm³/mol. The lowest BCUT2D eigenvalue weighted by Gasteiger charge is -2.15. The molecule has 0 aromatic heterocycles. The lowest BCUT2D eigenvalue weighted by Crippen LogP contribution is -2.36. The highest BCUT2D eigenvalue weighted by Crippen LogP contribution is 2.19. The van der Waals surface area contributed by atoms with Gasteiger partial charge in [-0.15, -0.1) is 0 Å². The van der Waals surface area contributed by atoms with Crippen LogP contribution in [0.15, 0.2) is 18.2 Å². The third kappa shape index (κ3) is 4.30. The average molecular weight is 253 g/mol. The topological polar surface area (TPSA) is 24.1 Å². The van der Waals surface area contributed by atoms with E-state index in [4.69, 9.17) is 11.6 Å². The SMILES string of the molecule is Cc1ccc(CNC(C)CNC2CC2)c(Cl)c1. The second kappa shape index (κ2) is 5.85. The molecule has 2 rings (SSSR count). The monoisotopic (exact) mass is 252 g/mol. The average Bonchev–Trinajstić information content (AvgIpc) is 3.09. The van der Waals surface area contributed by atoms with Gasteiger partial charge in [-0.05, 0) is 43.9 Å². The van der Waals surface area contributed by atoms with Gasteiger partial charge in [0.25, 0.3) is 0 Å². The molecule has 3 heteroatoms. The van der Waals surface area contributed by atoms with Crippen LogP contribution in [-0.2, 0) is 6.54 Å². The van der Waals surface area contributed by atoms with E-state index < -0.39 is 0 Å². The summed E-state index contributed by atoms with van der Waals surface area (Å²) in [5.74, 6) is 0. The minimum absolute atomic E-state index is 0.480. The van der Waals surface area contributed by atoms with Crippen LogP contribution in [0.1, 0.15) is 30.9 Å². The molecule has 1 aliphatic carbocycles. The molecule has 0 saturated heterocycles. The van der Waals surface area contributed by atoms with Gasteiger partial charge in [-0.25, -0.2) is 0 Å². The number of aryl methyl sites for hydroxylation is 1. The molecule has 0 amide bonds. The molecular weight excluding hydrogens is 232 g/mol. The number of halogens is 1. The molecule has 0 aliphatic heterocycles. The molecular formula is C14H21ClN2. The van der Waals surface area contributed by atoms with Crippen molar-refractivity contribution >= 4 is 11.6 Å². The Hall–Kier alpha value is -0.570. The van der Waals surface area contributed by atoms with Crippen LogP contribution in [0.4, 0.5) is 0 Å². The van der Waals surface area contributed by atoms with E-state index in [0.717, 1.165) is 24.2 Å². The van der Waals surface area contributed by atoms with E-state index in [1.807, 2.05) is 6.07 Å². The van der Waals surface area contributed by atoms with Crippen LogP contribution in [0.5, 0.6) is 0 Å². The van der Waals surface area contributed by atoms with Gasteiger partial charge in [0, 0.05) is 30.2 Å². The minimum Gasteiger partial charge on any atom is -0.312 e. The molecule has 2 N–H and O–H groups in total. The fourth-order valence-corrected chi connectivity index (χ4v) is 2.08.